The fourth-order valence-electron chi connectivity index (χ4n) is 1.17. The van der Waals surface area contributed by atoms with Crippen LogP contribution in [0.2, 0.25) is 0 Å². The Kier molecular flexibility index (Phi) is 2.76. The molecule has 1 heterocycles. The average Bonchev–Trinajstić information content (AvgIpc) is 2.68. The molecule has 17 heavy (non-hydrogen) atoms. The second-order valence-electron chi connectivity index (χ2n) is 2.99. The quantitative estimate of drug-likeness (QED) is 0.857. The van der Waals surface area contributed by atoms with Gasteiger partial charge in [-0.3, -0.25) is 0 Å². The predicted molar refractivity (Wildman–Crippen MR) is 53.5 cm³/mol. The highest BCUT2D eigenvalue weighted by Crippen LogP contribution is 2.19. The predicted octanol–water partition coefficient (Wildman–Crippen LogP) is 0.884. The molecular weight excluding hydrogens is 254 g/mol. The van der Waals surface area contributed by atoms with Crippen molar-refractivity contribution >= 4 is 16.0 Å². The second-order valence-corrected chi connectivity index (χ2v) is 4.61. The zero-order valence-electron chi connectivity index (χ0n) is 8.18. The molecule has 0 saturated heterocycles. The van der Waals surface area contributed by atoms with E-state index < -0.39 is 26.6 Å². The molecule has 0 bridgehead atoms. The summed E-state index contributed by atoms with van der Waals surface area (Å²) in [5, 5.41) is 5.60. The number of hydrogen-bond donors (Lipinski definition) is 2. The van der Waals surface area contributed by atoms with Gasteiger partial charge in [-0.15, -0.1) is 0 Å². The first-order valence-corrected chi connectivity index (χ1v) is 5.81. The van der Waals surface area contributed by atoms with Gasteiger partial charge >= 0.3 is 0 Å². The summed E-state index contributed by atoms with van der Waals surface area (Å²) in [5.41, 5.74) is 0. The molecule has 0 fully saturated rings. The number of hydrogen-bond acceptors (Lipinski definition) is 4. The Hall–Kier alpha value is -2.03. The van der Waals surface area contributed by atoms with E-state index in [-0.39, 0.29) is 5.95 Å². The minimum absolute atomic E-state index is 0.229. The third kappa shape index (κ3) is 2.23. The van der Waals surface area contributed by atoms with Crippen molar-refractivity contribution in [3.63, 3.8) is 0 Å². The first-order valence-electron chi connectivity index (χ1n) is 4.33. The Morgan fingerprint density at radius 3 is 2.41 bits per heavy atom. The van der Waals surface area contributed by atoms with E-state index in [1.165, 1.54) is 0 Å². The molecule has 0 spiro atoms. The van der Waals surface area contributed by atoms with Crippen LogP contribution in [0.4, 0.5) is 14.7 Å². The van der Waals surface area contributed by atoms with E-state index in [4.69, 9.17) is 0 Å². The van der Waals surface area contributed by atoms with Gasteiger partial charge in [0, 0.05) is 0 Å². The van der Waals surface area contributed by atoms with Crippen molar-refractivity contribution in [2.45, 2.75) is 4.90 Å². The zero-order chi connectivity index (χ0) is 12.5. The maximum absolute atomic E-state index is 13.3. The molecule has 0 aliphatic rings. The highest BCUT2D eigenvalue weighted by molar-refractivity contribution is 7.92. The van der Waals surface area contributed by atoms with Crippen LogP contribution in [-0.4, -0.2) is 23.6 Å². The minimum Gasteiger partial charge on any atom is -0.247 e. The van der Waals surface area contributed by atoms with E-state index >= 15 is 0 Å². The fourth-order valence-corrected chi connectivity index (χ4v) is 2.28. The summed E-state index contributed by atoms with van der Waals surface area (Å²) in [5.74, 6) is -2.60. The molecule has 1 aromatic carbocycles. The van der Waals surface area contributed by atoms with Crippen molar-refractivity contribution in [3.8, 4) is 0 Å². The first kappa shape index (κ1) is 11.5. The maximum atomic E-state index is 13.3. The monoisotopic (exact) mass is 260 g/mol. The van der Waals surface area contributed by atoms with Crippen LogP contribution >= 0.6 is 0 Å². The van der Waals surface area contributed by atoms with Crippen LogP contribution in [0.5, 0.6) is 0 Å². The van der Waals surface area contributed by atoms with E-state index in [2.05, 4.69) is 15.2 Å². The Morgan fingerprint density at radius 1 is 1.24 bits per heavy atom. The number of nitrogens with zero attached hydrogens (tertiary/aromatic N) is 2. The summed E-state index contributed by atoms with van der Waals surface area (Å²) in [6.45, 7) is 0. The normalized spacial score (nSPS) is 11.4. The average molecular weight is 260 g/mol. The largest absolute Gasteiger partial charge is 0.270 e. The van der Waals surface area contributed by atoms with Crippen LogP contribution < -0.4 is 4.72 Å². The summed E-state index contributed by atoms with van der Waals surface area (Å²) in [7, 11) is -4.38. The minimum atomic E-state index is -4.38. The SMILES string of the molecule is O=S(=O)(Nc1ncn[nH]1)c1c(F)cccc1F. The Balaban J connectivity index is 2.45. The van der Waals surface area contributed by atoms with Crippen molar-refractivity contribution in [2.75, 3.05) is 4.72 Å². The summed E-state index contributed by atoms with van der Waals surface area (Å²) >= 11 is 0. The molecule has 6 nitrogen and oxygen atoms in total. The molecule has 2 rings (SSSR count). The molecule has 0 amide bonds. The van der Waals surface area contributed by atoms with Crippen molar-refractivity contribution in [3.05, 3.63) is 36.2 Å². The lowest BCUT2D eigenvalue weighted by Gasteiger charge is -2.06. The van der Waals surface area contributed by atoms with Gasteiger partial charge in [-0.05, 0) is 12.1 Å². The van der Waals surface area contributed by atoms with Gasteiger partial charge in [-0.25, -0.2) is 27.0 Å². The summed E-state index contributed by atoms with van der Waals surface area (Å²) in [4.78, 5) is 2.43. The van der Waals surface area contributed by atoms with Gasteiger partial charge < -0.3 is 0 Å². The Labute approximate surface area is 94.7 Å². The lowest BCUT2D eigenvalue weighted by atomic mass is 10.3. The van der Waals surface area contributed by atoms with Crippen molar-refractivity contribution in [1.29, 1.82) is 0 Å². The van der Waals surface area contributed by atoms with Gasteiger partial charge in [0.1, 0.15) is 18.0 Å². The third-order valence-electron chi connectivity index (χ3n) is 1.83. The summed E-state index contributed by atoms with van der Waals surface area (Å²) < 4.78 is 51.7. The van der Waals surface area contributed by atoms with Crippen molar-refractivity contribution < 1.29 is 17.2 Å². The number of aromatic nitrogens is 3. The van der Waals surface area contributed by atoms with Crippen molar-refractivity contribution in [2.24, 2.45) is 0 Å². The molecule has 1 aromatic heterocycles. The van der Waals surface area contributed by atoms with Gasteiger partial charge in [0.05, 0.1) is 0 Å². The highest BCUT2D eigenvalue weighted by Gasteiger charge is 2.24. The number of nitrogens with one attached hydrogen (secondary N) is 2. The summed E-state index contributed by atoms with van der Waals surface area (Å²) in [6.07, 6.45) is 1.05. The third-order valence-corrected chi connectivity index (χ3v) is 3.22. The molecule has 2 N–H and O–H groups in total. The van der Waals surface area contributed by atoms with Gasteiger partial charge in [0.2, 0.25) is 5.95 Å². The molecule has 0 aliphatic carbocycles. The number of aromatic amines is 1. The summed E-state index contributed by atoms with van der Waals surface area (Å²) in [6, 6.07) is 2.76. The lowest BCUT2D eigenvalue weighted by Crippen LogP contribution is -2.17. The smallest absolute Gasteiger partial charge is 0.247 e. The fraction of sp³-hybridized carbons (Fsp3) is 0. The topological polar surface area (TPSA) is 87.7 Å². The van der Waals surface area contributed by atoms with E-state index in [9.17, 15) is 17.2 Å². The zero-order valence-corrected chi connectivity index (χ0v) is 9.00. The number of H-pyrrole nitrogens is 1. The number of sulfonamides is 1. The van der Waals surface area contributed by atoms with Crippen LogP contribution in [0.25, 0.3) is 0 Å². The number of rotatable bonds is 3. The standard InChI is InChI=1S/C8H6F2N4O2S/c9-5-2-1-3-6(10)7(5)17(15,16)14-8-11-4-12-13-8/h1-4H,(H2,11,12,13,14). The molecular formula is C8H6F2N4O2S. The van der Waals surface area contributed by atoms with Crippen LogP contribution in [-0.2, 0) is 10.0 Å². The molecule has 90 valence electrons. The van der Waals surface area contributed by atoms with E-state index in [1.807, 2.05) is 4.72 Å². The molecule has 9 heteroatoms. The lowest BCUT2D eigenvalue weighted by molar-refractivity contribution is 0.521. The number of benzene rings is 1. The van der Waals surface area contributed by atoms with Crippen LogP contribution in [0.3, 0.4) is 0 Å². The van der Waals surface area contributed by atoms with E-state index in [1.54, 1.807) is 0 Å². The molecule has 0 unspecified atom stereocenters. The van der Waals surface area contributed by atoms with E-state index in [0.717, 1.165) is 24.5 Å². The van der Waals surface area contributed by atoms with Crippen molar-refractivity contribution in [1.82, 2.24) is 15.2 Å². The van der Waals surface area contributed by atoms with Gasteiger partial charge in [0.15, 0.2) is 4.90 Å². The maximum Gasteiger partial charge on any atom is 0.270 e. The van der Waals surface area contributed by atoms with Gasteiger partial charge in [-0.1, -0.05) is 6.07 Å². The van der Waals surface area contributed by atoms with Crippen LogP contribution in [0.15, 0.2) is 29.4 Å². The first-order chi connectivity index (χ1) is 8.00. The Bertz CT molecular complexity index is 607. The van der Waals surface area contributed by atoms with Gasteiger partial charge in [-0.2, -0.15) is 10.1 Å². The second kappa shape index (κ2) is 4.09. The number of halogens is 2. The van der Waals surface area contributed by atoms with Crippen LogP contribution in [0.1, 0.15) is 0 Å². The van der Waals surface area contributed by atoms with Crippen LogP contribution in [0, 0.1) is 11.6 Å². The highest BCUT2D eigenvalue weighted by atomic mass is 32.2. The molecule has 0 radical (unpaired) electrons. The Morgan fingerprint density at radius 2 is 1.88 bits per heavy atom. The number of anilines is 1. The molecule has 0 atom stereocenters. The van der Waals surface area contributed by atoms with Gasteiger partial charge in [0.25, 0.3) is 10.0 Å². The molecule has 0 aliphatic heterocycles. The molecule has 2 aromatic rings. The molecule has 0 saturated carbocycles. The van der Waals surface area contributed by atoms with E-state index in [0.29, 0.717) is 0 Å².